The lowest BCUT2D eigenvalue weighted by atomic mass is 9.62. The minimum Gasteiger partial charge on any atom is -0.300 e. The monoisotopic (exact) mass is 148 g/mol. The summed E-state index contributed by atoms with van der Waals surface area (Å²) in [6, 6.07) is 0. The molecule has 1 nitrogen and oxygen atoms in total. The molecule has 5 rings (SSSR count). The van der Waals surface area contributed by atoms with E-state index in [0.717, 1.165) is 35.5 Å². The van der Waals surface area contributed by atoms with Crippen molar-refractivity contribution in [2.75, 3.05) is 0 Å². The Hall–Kier alpha value is -0.330. The standard InChI is InChI=1S/C10H12O/c1-3(11)6-7-4-2-5-9(7)10(5)8(4)6/h4-10H,2H2,1H3. The van der Waals surface area contributed by atoms with E-state index in [1.807, 2.05) is 0 Å². The molecule has 0 N–H and O–H groups in total. The highest BCUT2D eigenvalue weighted by molar-refractivity contribution is 5.81. The van der Waals surface area contributed by atoms with Gasteiger partial charge in [-0.1, -0.05) is 0 Å². The van der Waals surface area contributed by atoms with Gasteiger partial charge in [-0.05, 0) is 48.9 Å². The van der Waals surface area contributed by atoms with Crippen molar-refractivity contribution in [3.8, 4) is 0 Å². The van der Waals surface area contributed by atoms with E-state index in [0.29, 0.717) is 11.7 Å². The van der Waals surface area contributed by atoms with Gasteiger partial charge in [0.05, 0.1) is 0 Å². The van der Waals surface area contributed by atoms with Crippen LogP contribution in [-0.4, -0.2) is 5.78 Å². The van der Waals surface area contributed by atoms with Gasteiger partial charge in [0.2, 0.25) is 0 Å². The van der Waals surface area contributed by atoms with Gasteiger partial charge in [0.1, 0.15) is 5.78 Å². The molecule has 0 spiro atoms. The molecule has 11 heavy (non-hydrogen) atoms. The van der Waals surface area contributed by atoms with Crippen LogP contribution in [-0.2, 0) is 4.79 Å². The molecule has 5 aliphatic rings. The second-order valence-corrected chi connectivity index (χ2v) is 5.01. The number of hydrogen-bond acceptors (Lipinski definition) is 1. The van der Waals surface area contributed by atoms with E-state index in [1.54, 1.807) is 6.92 Å². The maximum Gasteiger partial charge on any atom is 0.133 e. The molecule has 5 fully saturated rings. The van der Waals surface area contributed by atoms with Crippen molar-refractivity contribution < 1.29 is 4.79 Å². The van der Waals surface area contributed by atoms with Crippen LogP contribution in [0.15, 0.2) is 0 Å². The lowest BCUT2D eigenvalue weighted by molar-refractivity contribution is -0.130. The average molecular weight is 148 g/mol. The fourth-order valence-corrected chi connectivity index (χ4v) is 4.95. The van der Waals surface area contributed by atoms with Gasteiger partial charge in [-0.25, -0.2) is 0 Å². The first-order valence-electron chi connectivity index (χ1n) is 4.81. The van der Waals surface area contributed by atoms with Crippen molar-refractivity contribution in [1.82, 2.24) is 0 Å². The summed E-state index contributed by atoms with van der Waals surface area (Å²) in [6.07, 6.45) is 1.49. The highest BCUT2D eigenvalue weighted by Gasteiger charge is 2.83. The van der Waals surface area contributed by atoms with Crippen LogP contribution in [0.2, 0.25) is 0 Å². The first-order chi connectivity index (χ1) is 5.30. The largest absolute Gasteiger partial charge is 0.300 e. The molecule has 0 radical (unpaired) electrons. The molecule has 0 aliphatic heterocycles. The van der Waals surface area contributed by atoms with Crippen molar-refractivity contribution in [3.63, 3.8) is 0 Å². The van der Waals surface area contributed by atoms with E-state index in [9.17, 15) is 4.79 Å². The Labute approximate surface area is 66.2 Å². The van der Waals surface area contributed by atoms with E-state index in [4.69, 9.17) is 0 Å². The molecule has 0 heterocycles. The van der Waals surface area contributed by atoms with Gasteiger partial charge in [-0.15, -0.1) is 0 Å². The molecule has 0 aromatic carbocycles. The first kappa shape index (κ1) is 5.34. The zero-order valence-corrected chi connectivity index (χ0v) is 6.66. The zero-order valence-electron chi connectivity index (χ0n) is 6.66. The molecule has 0 aromatic rings. The third-order valence-corrected chi connectivity index (χ3v) is 5.01. The Morgan fingerprint density at radius 1 is 1.09 bits per heavy atom. The van der Waals surface area contributed by atoms with Gasteiger partial charge in [0, 0.05) is 5.92 Å². The molecule has 5 aliphatic carbocycles. The van der Waals surface area contributed by atoms with E-state index in [-0.39, 0.29) is 0 Å². The molecule has 0 amide bonds. The Morgan fingerprint density at radius 2 is 1.64 bits per heavy atom. The van der Waals surface area contributed by atoms with E-state index >= 15 is 0 Å². The normalized spacial score (nSPS) is 73.0. The topological polar surface area (TPSA) is 17.1 Å². The van der Waals surface area contributed by atoms with Crippen LogP contribution in [0.3, 0.4) is 0 Å². The predicted octanol–water partition coefficient (Wildman–Crippen LogP) is 1.33. The quantitative estimate of drug-likeness (QED) is 0.548. The van der Waals surface area contributed by atoms with E-state index < -0.39 is 0 Å². The number of hydrogen-bond donors (Lipinski definition) is 0. The summed E-state index contributed by atoms with van der Waals surface area (Å²) in [5.74, 6) is 6.99. The molecule has 4 unspecified atom stereocenters. The van der Waals surface area contributed by atoms with Crippen molar-refractivity contribution in [1.29, 1.82) is 0 Å². The third kappa shape index (κ3) is 0.328. The summed E-state index contributed by atoms with van der Waals surface area (Å²) in [6.45, 7) is 1.80. The van der Waals surface area contributed by atoms with Crippen molar-refractivity contribution in [2.24, 2.45) is 41.4 Å². The summed E-state index contributed by atoms with van der Waals surface area (Å²) in [4.78, 5) is 11.2. The third-order valence-electron chi connectivity index (χ3n) is 5.01. The zero-order chi connectivity index (χ0) is 7.33. The summed E-state index contributed by atoms with van der Waals surface area (Å²) < 4.78 is 0. The maximum atomic E-state index is 11.2. The van der Waals surface area contributed by atoms with Gasteiger partial charge in [0.15, 0.2) is 0 Å². The first-order valence-corrected chi connectivity index (χ1v) is 4.81. The van der Waals surface area contributed by atoms with Crippen LogP contribution >= 0.6 is 0 Å². The fourth-order valence-electron chi connectivity index (χ4n) is 4.95. The predicted molar refractivity (Wildman–Crippen MR) is 39.7 cm³/mol. The number of carbonyl (C=O) groups excluding carboxylic acids is 1. The Kier molecular flexibility index (Phi) is 0.580. The number of rotatable bonds is 1. The van der Waals surface area contributed by atoms with Crippen LogP contribution in [0.25, 0.3) is 0 Å². The van der Waals surface area contributed by atoms with Crippen molar-refractivity contribution in [2.45, 2.75) is 13.3 Å². The molecule has 58 valence electrons. The van der Waals surface area contributed by atoms with Gasteiger partial charge in [-0.2, -0.15) is 0 Å². The Morgan fingerprint density at radius 3 is 2.00 bits per heavy atom. The molecular weight excluding hydrogens is 136 g/mol. The SMILES string of the molecule is CC(=O)C1C2C3CC4C2C4C31. The lowest BCUT2D eigenvalue weighted by Crippen LogP contribution is -2.42. The minimum absolute atomic E-state index is 0.490. The highest BCUT2D eigenvalue weighted by atomic mass is 16.1. The lowest BCUT2D eigenvalue weighted by Gasteiger charge is -2.41. The van der Waals surface area contributed by atoms with Gasteiger partial charge in [0.25, 0.3) is 0 Å². The van der Waals surface area contributed by atoms with Crippen LogP contribution < -0.4 is 0 Å². The van der Waals surface area contributed by atoms with Crippen molar-refractivity contribution >= 4 is 5.78 Å². The maximum absolute atomic E-state index is 11.2. The van der Waals surface area contributed by atoms with E-state index in [2.05, 4.69) is 0 Å². The van der Waals surface area contributed by atoms with Crippen LogP contribution in [0.5, 0.6) is 0 Å². The summed E-state index contributed by atoms with van der Waals surface area (Å²) in [7, 11) is 0. The van der Waals surface area contributed by atoms with Gasteiger partial charge >= 0.3 is 0 Å². The average Bonchev–Trinajstić information content (AvgIpc) is 2.32. The fraction of sp³-hybridized carbons (Fsp3) is 0.900. The summed E-state index contributed by atoms with van der Waals surface area (Å²) >= 11 is 0. The van der Waals surface area contributed by atoms with Crippen LogP contribution in [0, 0.1) is 41.4 Å². The van der Waals surface area contributed by atoms with Crippen LogP contribution in [0.1, 0.15) is 13.3 Å². The summed E-state index contributed by atoms with van der Waals surface area (Å²) in [5.41, 5.74) is 0. The highest BCUT2D eigenvalue weighted by Crippen LogP contribution is 2.86. The smallest absolute Gasteiger partial charge is 0.133 e. The second kappa shape index (κ2) is 1.19. The molecule has 5 saturated carbocycles. The molecular formula is C10H12O. The van der Waals surface area contributed by atoms with E-state index in [1.165, 1.54) is 6.42 Å². The van der Waals surface area contributed by atoms with Crippen LogP contribution in [0.4, 0.5) is 0 Å². The molecule has 1 heteroatoms. The number of carbonyl (C=O) groups is 1. The summed E-state index contributed by atoms with van der Waals surface area (Å²) in [5, 5.41) is 0. The van der Waals surface area contributed by atoms with Gasteiger partial charge in [-0.3, -0.25) is 4.79 Å². The number of Topliss-reactive ketones (excluding diaryl/α,β-unsaturated/α-hetero) is 1. The van der Waals surface area contributed by atoms with Crippen molar-refractivity contribution in [3.05, 3.63) is 0 Å². The molecule has 4 atom stereocenters. The molecule has 0 saturated heterocycles. The second-order valence-electron chi connectivity index (χ2n) is 5.01. The minimum atomic E-state index is 0.490. The number of ketones is 1. The molecule has 6 bridgehead atoms. The Bertz CT molecular complexity index is 248. The van der Waals surface area contributed by atoms with Gasteiger partial charge < -0.3 is 0 Å². The Balaban J connectivity index is 1.80. The molecule has 0 aromatic heterocycles.